The number of fused-ring (bicyclic) bond motifs is 1. The molecule has 2 heterocycles. The van der Waals surface area contributed by atoms with Crippen LogP contribution in [0.5, 0.6) is 0 Å². The number of piperidine rings is 1. The minimum Gasteiger partial charge on any atom is -0.305 e. The molecular weight excluding hydrogens is 470 g/mol. The van der Waals surface area contributed by atoms with Crippen molar-refractivity contribution in [2.45, 2.75) is 64.5 Å². The van der Waals surface area contributed by atoms with Gasteiger partial charge in [-0.05, 0) is 93.2 Å². The number of nitrogens with zero attached hydrogens (tertiary/aromatic N) is 3. The summed E-state index contributed by atoms with van der Waals surface area (Å²) in [6, 6.07) is 26.1. The summed E-state index contributed by atoms with van der Waals surface area (Å²) in [6.45, 7) is 9.63. The summed E-state index contributed by atoms with van der Waals surface area (Å²) in [7, 11) is 0. The zero-order valence-electron chi connectivity index (χ0n) is 22.8. The third-order valence-electron chi connectivity index (χ3n) is 8.36. The van der Waals surface area contributed by atoms with Crippen molar-refractivity contribution >= 4 is 23.2 Å². The summed E-state index contributed by atoms with van der Waals surface area (Å²) >= 11 is 0. The fourth-order valence-electron chi connectivity index (χ4n) is 6.21. The van der Waals surface area contributed by atoms with E-state index < -0.39 is 0 Å². The number of rotatable bonds is 6. The SMILES string of the molecule is CCC(=O)N(c1ccccc1)[C@H]1CC(C)N(C(=O)c2ccc(C3CCN(CC)CC3)cc2)c2ccccc21. The van der Waals surface area contributed by atoms with Gasteiger partial charge in [0.1, 0.15) is 0 Å². The third-order valence-corrected chi connectivity index (χ3v) is 8.36. The number of hydrogen-bond acceptors (Lipinski definition) is 3. The van der Waals surface area contributed by atoms with Crippen molar-refractivity contribution < 1.29 is 9.59 Å². The number of anilines is 2. The predicted molar refractivity (Wildman–Crippen MR) is 155 cm³/mol. The molecule has 0 aromatic heterocycles. The Hall–Kier alpha value is -3.44. The van der Waals surface area contributed by atoms with E-state index in [1.165, 1.54) is 18.4 Å². The first-order valence-electron chi connectivity index (χ1n) is 14.1. The van der Waals surface area contributed by atoms with Gasteiger partial charge in [0, 0.05) is 29.4 Å². The lowest BCUT2D eigenvalue weighted by Gasteiger charge is -2.43. The molecule has 3 aromatic rings. The molecule has 1 unspecified atom stereocenters. The Morgan fingerprint density at radius 2 is 1.53 bits per heavy atom. The van der Waals surface area contributed by atoms with Crippen LogP contribution in [0.2, 0.25) is 0 Å². The van der Waals surface area contributed by atoms with Crippen LogP contribution in [-0.4, -0.2) is 42.4 Å². The van der Waals surface area contributed by atoms with Gasteiger partial charge < -0.3 is 14.7 Å². The minimum atomic E-state index is -0.128. The van der Waals surface area contributed by atoms with E-state index >= 15 is 0 Å². The summed E-state index contributed by atoms with van der Waals surface area (Å²) in [5.74, 6) is 0.671. The molecule has 198 valence electrons. The van der Waals surface area contributed by atoms with Crippen LogP contribution in [0.15, 0.2) is 78.9 Å². The standard InChI is InChI=1S/C33H39N3O2/c1-4-32(37)36(28-11-7-6-8-12-28)31-23-24(3)35(30-14-10-9-13-29(30)31)33(38)27-17-15-25(16-18-27)26-19-21-34(5-2)22-20-26/h6-18,24,26,31H,4-5,19-23H2,1-3H3/t24?,31-/m0/s1. The molecule has 1 saturated heterocycles. The molecule has 2 aliphatic rings. The van der Waals surface area contributed by atoms with Gasteiger partial charge in [-0.3, -0.25) is 9.59 Å². The molecule has 3 aromatic carbocycles. The molecule has 0 bridgehead atoms. The van der Waals surface area contributed by atoms with E-state index in [0.29, 0.717) is 24.3 Å². The summed E-state index contributed by atoms with van der Waals surface area (Å²) in [5, 5.41) is 0. The molecule has 2 amide bonds. The highest BCUT2D eigenvalue weighted by Crippen LogP contribution is 2.43. The number of benzene rings is 3. The maximum Gasteiger partial charge on any atom is 0.258 e. The van der Waals surface area contributed by atoms with Crippen molar-refractivity contribution in [2.75, 3.05) is 29.4 Å². The van der Waals surface area contributed by atoms with Crippen LogP contribution in [-0.2, 0) is 4.79 Å². The lowest BCUT2D eigenvalue weighted by atomic mass is 9.88. The highest BCUT2D eigenvalue weighted by atomic mass is 16.2. The molecule has 38 heavy (non-hydrogen) atoms. The number of carbonyl (C=O) groups is 2. The normalized spacial score (nSPS) is 20.1. The van der Waals surface area contributed by atoms with Crippen LogP contribution < -0.4 is 9.80 Å². The number of carbonyl (C=O) groups excluding carboxylic acids is 2. The van der Waals surface area contributed by atoms with Crippen LogP contribution in [0.3, 0.4) is 0 Å². The van der Waals surface area contributed by atoms with E-state index in [-0.39, 0.29) is 23.9 Å². The van der Waals surface area contributed by atoms with Gasteiger partial charge in [0.25, 0.3) is 5.91 Å². The second-order valence-electron chi connectivity index (χ2n) is 10.6. The monoisotopic (exact) mass is 509 g/mol. The van der Waals surface area contributed by atoms with Crippen molar-refractivity contribution in [1.82, 2.24) is 4.90 Å². The van der Waals surface area contributed by atoms with Crippen LogP contribution in [0.25, 0.3) is 0 Å². The molecule has 5 heteroatoms. The van der Waals surface area contributed by atoms with Crippen LogP contribution >= 0.6 is 0 Å². The number of para-hydroxylation sites is 2. The molecule has 2 aliphatic heterocycles. The van der Waals surface area contributed by atoms with Crippen LogP contribution in [0, 0.1) is 0 Å². The van der Waals surface area contributed by atoms with Gasteiger partial charge in [-0.2, -0.15) is 0 Å². The van der Waals surface area contributed by atoms with E-state index in [1.807, 2.05) is 77.4 Å². The summed E-state index contributed by atoms with van der Waals surface area (Å²) in [6.07, 6.45) is 3.45. The smallest absolute Gasteiger partial charge is 0.258 e. The van der Waals surface area contributed by atoms with Crippen molar-refractivity contribution in [2.24, 2.45) is 0 Å². The Bertz CT molecular complexity index is 1250. The lowest BCUT2D eigenvalue weighted by molar-refractivity contribution is -0.118. The highest BCUT2D eigenvalue weighted by molar-refractivity contribution is 6.07. The van der Waals surface area contributed by atoms with E-state index in [0.717, 1.165) is 36.6 Å². The summed E-state index contributed by atoms with van der Waals surface area (Å²) in [5.41, 5.74) is 4.85. The Morgan fingerprint density at radius 3 is 2.18 bits per heavy atom. The van der Waals surface area contributed by atoms with Crippen molar-refractivity contribution in [1.29, 1.82) is 0 Å². The first kappa shape index (κ1) is 26.2. The zero-order chi connectivity index (χ0) is 26.6. The topological polar surface area (TPSA) is 43.9 Å². The van der Waals surface area contributed by atoms with E-state index in [1.54, 1.807) is 0 Å². The molecule has 0 saturated carbocycles. The number of hydrogen-bond donors (Lipinski definition) is 0. The van der Waals surface area contributed by atoms with Crippen LogP contribution in [0.1, 0.15) is 79.9 Å². The lowest BCUT2D eigenvalue weighted by Crippen LogP contribution is -2.47. The minimum absolute atomic E-state index is 0.0174. The van der Waals surface area contributed by atoms with Gasteiger partial charge in [0.05, 0.1) is 6.04 Å². The van der Waals surface area contributed by atoms with Gasteiger partial charge in [0.15, 0.2) is 0 Å². The molecule has 0 N–H and O–H groups in total. The molecule has 0 radical (unpaired) electrons. The Labute approximate surface area is 227 Å². The summed E-state index contributed by atoms with van der Waals surface area (Å²) in [4.78, 5) is 33.5. The number of amides is 2. The maximum atomic E-state index is 13.9. The Kier molecular flexibility index (Phi) is 7.94. The fraction of sp³-hybridized carbons (Fsp3) is 0.394. The first-order chi connectivity index (χ1) is 18.5. The molecule has 5 nitrogen and oxygen atoms in total. The average Bonchev–Trinajstić information content (AvgIpc) is 2.97. The van der Waals surface area contributed by atoms with Crippen LogP contribution in [0.4, 0.5) is 11.4 Å². The van der Waals surface area contributed by atoms with Crippen molar-refractivity contribution in [3.8, 4) is 0 Å². The number of likely N-dealkylation sites (tertiary alicyclic amines) is 1. The molecule has 1 fully saturated rings. The molecule has 5 rings (SSSR count). The van der Waals surface area contributed by atoms with E-state index in [4.69, 9.17) is 0 Å². The maximum absolute atomic E-state index is 13.9. The predicted octanol–water partition coefficient (Wildman–Crippen LogP) is 6.81. The second kappa shape index (κ2) is 11.5. The Morgan fingerprint density at radius 1 is 0.868 bits per heavy atom. The average molecular weight is 510 g/mol. The molecule has 0 aliphatic carbocycles. The van der Waals surface area contributed by atoms with E-state index in [9.17, 15) is 9.59 Å². The van der Waals surface area contributed by atoms with Gasteiger partial charge in [-0.25, -0.2) is 0 Å². The van der Waals surface area contributed by atoms with Crippen molar-refractivity contribution in [3.05, 3.63) is 95.6 Å². The van der Waals surface area contributed by atoms with E-state index in [2.05, 4.69) is 36.9 Å². The van der Waals surface area contributed by atoms with Gasteiger partial charge in [-0.1, -0.05) is 62.4 Å². The highest BCUT2D eigenvalue weighted by Gasteiger charge is 2.38. The zero-order valence-corrected chi connectivity index (χ0v) is 22.8. The quantitative estimate of drug-likeness (QED) is 0.367. The second-order valence-corrected chi connectivity index (χ2v) is 10.6. The first-order valence-corrected chi connectivity index (χ1v) is 14.1. The third kappa shape index (κ3) is 5.12. The van der Waals surface area contributed by atoms with Gasteiger partial charge in [-0.15, -0.1) is 0 Å². The summed E-state index contributed by atoms with van der Waals surface area (Å²) < 4.78 is 0. The van der Waals surface area contributed by atoms with Crippen molar-refractivity contribution in [3.63, 3.8) is 0 Å². The largest absolute Gasteiger partial charge is 0.305 e. The van der Waals surface area contributed by atoms with Gasteiger partial charge >= 0.3 is 0 Å². The molecular formula is C33H39N3O2. The van der Waals surface area contributed by atoms with Gasteiger partial charge in [0.2, 0.25) is 5.91 Å². The fourth-order valence-corrected chi connectivity index (χ4v) is 6.21. The molecule has 2 atom stereocenters. The molecule has 0 spiro atoms. The Balaban J connectivity index is 1.42.